The van der Waals surface area contributed by atoms with E-state index in [4.69, 9.17) is 4.74 Å². The van der Waals surface area contributed by atoms with Crippen molar-refractivity contribution in [2.24, 2.45) is 5.10 Å². The van der Waals surface area contributed by atoms with Crippen LogP contribution in [0.15, 0.2) is 47.6 Å². The third kappa shape index (κ3) is 5.94. The summed E-state index contributed by atoms with van der Waals surface area (Å²) < 4.78 is 5.57. The molecule has 0 aromatic heterocycles. The van der Waals surface area contributed by atoms with Crippen LogP contribution in [0.2, 0.25) is 0 Å². The average Bonchev–Trinajstić information content (AvgIpc) is 2.68. The summed E-state index contributed by atoms with van der Waals surface area (Å²) in [6.45, 7) is 3.71. The monoisotopic (exact) mass is 382 g/mol. The van der Waals surface area contributed by atoms with Gasteiger partial charge in [0.1, 0.15) is 5.75 Å². The minimum absolute atomic E-state index is 0.192. The fourth-order valence-electron chi connectivity index (χ4n) is 2.33. The number of anilines is 1. The van der Waals surface area contributed by atoms with Gasteiger partial charge in [-0.1, -0.05) is 29.8 Å². The molecule has 0 aliphatic heterocycles. The van der Waals surface area contributed by atoms with E-state index in [2.05, 4.69) is 21.2 Å². The SMILES string of the molecule is CNC(=O)C(=O)N/N=C\c1ccccc1OCC(=O)Nc1ccc(C)cc1C. The second-order valence-corrected chi connectivity index (χ2v) is 5.97. The van der Waals surface area contributed by atoms with Gasteiger partial charge in [0, 0.05) is 18.3 Å². The highest BCUT2D eigenvalue weighted by Gasteiger charge is 2.10. The van der Waals surface area contributed by atoms with Gasteiger partial charge < -0.3 is 15.4 Å². The van der Waals surface area contributed by atoms with Crippen molar-refractivity contribution in [1.82, 2.24) is 10.7 Å². The first kappa shape index (κ1) is 20.6. The second kappa shape index (κ2) is 9.86. The van der Waals surface area contributed by atoms with Gasteiger partial charge in [-0.2, -0.15) is 5.10 Å². The van der Waals surface area contributed by atoms with Crippen molar-refractivity contribution < 1.29 is 19.1 Å². The number of para-hydroxylation sites is 1. The highest BCUT2D eigenvalue weighted by atomic mass is 16.5. The highest BCUT2D eigenvalue weighted by molar-refractivity contribution is 6.35. The maximum absolute atomic E-state index is 12.2. The average molecular weight is 382 g/mol. The molecule has 0 aliphatic rings. The van der Waals surface area contributed by atoms with Crippen LogP contribution in [-0.2, 0) is 14.4 Å². The Hall–Kier alpha value is -3.68. The van der Waals surface area contributed by atoms with E-state index in [1.54, 1.807) is 24.3 Å². The van der Waals surface area contributed by atoms with E-state index in [9.17, 15) is 14.4 Å². The molecule has 0 saturated heterocycles. The van der Waals surface area contributed by atoms with Gasteiger partial charge in [0.25, 0.3) is 5.91 Å². The lowest BCUT2D eigenvalue weighted by atomic mass is 10.1. The predicted octanol–water partition coefficient (Wildman–Crippen LogP) is 1.52. The number of aryl methyl sites for hydroxylation is 2. The molecule has 3 N–H and O–H groups in total. The Balaban J connectivity index is 1.96. The summed E-state index contributed by atoms with van der Waals surface area (Å²) in [5, 5.41) is 8.72. The smallest absolute Gasteiger partial charge is 0.329 e. The molecule has 28 heavy (non-hydrogen) atoms. The fourth-order valence-corrected chi connectivity index (χ4v) is 2.33. The number of hydrogen-bond donors (Lipinski definition) is 3. The molecule has 0 fully saturated rings. The molecule has 0 radical (unpaired) electrons. The lowest BCUT2D eigenvalue weighted by Crippen LogP contribution is -2.35. The molecule has 146 valence electrons. The number of likely N-dealkylation sites (N-methyl/N-ethyl adjacent to an activating group) is 1. The van der Waals surface area contributed by atoms with E-state index >= 15 is 0 Å². The number of benzene rings is 2. The van der Waals surface area contributed by atoms with Crippen LogP contribution in [0.1, 0.15) is 16.7 Å². The van der Waals surface area contributed by atoms with Crippen molar-refractivity contribution in [3.63, 3.8) is 0 Å². The van der Waals surface area contributed by atoms with Crippen molar-refractivity contribution >= 4 is 29.6 Å². The topological polar surface area (TPSA) is 109 Å². The molecule has 0 bridgehead atoms. The summed E-state index contributed by atoms with van der Waals surface area (Å²) in [7, 11) is 1.35. The van der Waals surface area contributed by atoms with E-state index in [0.717, 1.165) is 16.8 Å². The summed E-state index contributed by atoms with van der Waals surface area (Å²) in [5.74, 6) is -1.57. The van der Waals surface area contributed by atoms with Gasteiger partial charge in [0.2, 0.25) is 0 Å². The zero-order chi connectivity index (χ0) is 20.5. The zero-order valence-corrected chi connectivity index (χ0v) is 15.9. The number of nitrogens with zero attached hydrogens (tertiary/aromatic N) is 1. The van der Waals surface area contributed by atoms with Crippen LogP contribution < -0.4 is 20.8 Å². The number of hydrogen-bond acceptors (Lipinski definition) is 5. The first-order chi connectivity index (χ1) is 13.4. The molecule has 2 aromatic carbocycles. The standard InChI is InChI=1S/C20H22N4O4/c1-13-8-9-16(14(2)10-13)23-18(25)12-28-17-7-5-4-6-15(17)11-22-24-20(27)19(26)21-3/h4-11H,12H2,1-3H3,(H,21,26)(H,23,25)(H,24,27)/b22-11-. The lowest BCUT2D eigenvalue weighted by Gasteiger charge is -2.11. The molecule has 2 rings (SSSR count). The molecule has 8 heteroatoms. The van der Waals surface area contributed by atoms with E-state index in [1.165, 1.54) is 13.3 Å². The van der Waals surface area contributed by atoms with Crippen molar-refractivity contribution in [1.29, 1.82) is 0 Å². The molecule has 2 aromatic rings. The van der Waals surface area contributed by atoms with Crippen LogP contribution in [0.5, 0.6) is 5.75 Å². The molecule has 0 atom stereocenters. The minimum atomic E-state index is -0.884. The molecule has 0 aliphatic carbocycles. The molecule has 0 heterocycles. The van der Waals surface area contributed by atoms with Gasteiger partial charge in [0.15, 0.2) is 6.61 Å². The van der Waals surface area contributed by atoms with Crippen molar-refractivity contribution in [3.8, 4) is 5.75 Å². The Morgan fingerprint density at radius 3 is 2.54 bits per heavy atom. The third-order valence-corrected chi connectivity index (χ3v) is 3.74. The Kier molecular flexibility index (Phi) is 7.27. The molecule has 0 saturated carbocycles. The van der Waals surface area contributed by atoms with Gasteiger partial charge >= 0.3 is 11.8 Å². The predicted molar refractivity (Wildman–Crippen MR) is 106 cm³/mol. The molecular formula is C20H22N4O4. The number of carbonyl (C=O) groups excluding carboxylic acids is 3. The van der Waals surface area contributed by atoms with Gasteiger partial charge in [-0.05, 0) is 37.6 Å². The van der Waals surface area contributed by atoms with Crippen LogP contribution in [0.25, 0.3) is 0 Å². The summed E-state index contributed by atoms with van der Waals surface area (Å²) in [5.41, 5.74) is 5.45. The lowest BCUT2D eigenvalue weighted by molar-refractivity contribution is -0.138. The van der Waals surface area contributed by atoms with Crippen LogP contribution in [0, 0.1) is 13.8 Å². The quantitative estimate of drug-likeness (QED) is 0.400. The largest absolute Gasteiger partial charge is 0.483 e. The molecule has 3 amide bonds. The molecule has 0 spiro atoms. The number of ether oxygens (including phenoxy) is 1. The Morgan fingerprint density at radius 2 is 1.82 bits per heavy atom. The Labute approximate surface area is 163 Å². The summed E-state index contributed by atoms with van der Waals surface area (Å²) in [6, 6.07) is 12.6. The van der Waals surface area contributed by atoms with E-state index < -0.39 is 11.8 Å². The number of hydrazone groups is 1. The van der Waals surface area contributed by atoms with Gasteiger partial charge in [-0.15, -0.1) is 0 Å². The van der Waals surface area contributed by atoms with Gasteiger partial charge in [0.05, 0.1) is 6.21 Å². The number of rotatable bonds is 6. The van der Waals surface area contributed by atoms with Crippen molar-refractivity contribution in [2.75, 3.05) is 19.0 Å². The van der Waals surface area contributed by atoms with Crippen LogP contribution in [0.4, 0.5) is 5.69 Å². The van der Waals surface area contributed by atoms with Gasteiger partial charge in [-0.3, -0.25) is 14.4 Å². The van der Waals surface area contributed by atoms with Crippen molar-refractivity contribution in [2.45, 2.75) is 13.8 Å². The maximum Gasteiger partial charge on any atom is 0.329 e. The summed E-state index contributed by atoms with van der Waals surface area (Å²) in [4.78, 5) is 34.7. The van der Waals surface area contributed by atoms with Gasteiger partial charge in [-0.25, -0.2) is 5.43 Å². The first-order valence-corrected chi connectivity index (χ1v) is 8.54. The third-order valence-electron chi connectivity index (χ3n) is 3.74. The van der Waals surface area contributed by atoms with Crippen LogP contribution in [0.3, 0.4) is 0 Å². The van der Waals surface area contributed by atoms with Crippen molar-refractivity contribution in [3.05, 3.63) is 59.2 Å². The summed E-state index contributed by atoms with van der Waals surface area (Å²) >= 11 is 0. The normalized spacial score (nSPS) is 10.4. The fraction of sp³-hybridized carbons (Fsp3) is 0.200. The number of amides is 3. The minimum Gasteiger partial charge on any atom is -0.483 e. The molecular weight excluding hydrogens is 360 g/mol. The number of carbonyl (C=O) groups is 3. The Bertz CT molecular complexity index is 909. The van der Waals surface area contributed by atoms with E-state index in [0.29, 0.717) is 11.3 Å². The Morgan fingerprint density at radius 1 is 1.07 bits per heavy atom. The number of nitrogens with one attached hydrogen (secondary N) is 3. The first-order valence-electron chi connectivity index (χ1n) is 8.54. The van der Waals surface area contributed by atoms with Crippen LogP contribution >= 0.6 is 0 Å². The second-order valence-electron chi connectivity index (χ2n) is 5.97. The maximum atomic E-state index is 12.2. The highest BCUT2D eigenvalue weighted by Crippen LogP contribution is 2.17. The summed E-state index contributed by atoms with van der Waals surface area (Å²) in [6.07, 6.45) is 1.33. The van der Waals surface area contributed by atoms with E-state index in [1.807, 2.05) is 32.0 Å². The zero-order valence-electron chi connectivity index (χ0n) is 15.9. The molecule has 8 nitrogen and oxygen atoms in total. The van der Waals surface area contributed by atoms with E-state index in [-0.39, 0.29) is 12.5 Å². The molecule has 0 unspecified atom stereocenters. The van der Waals surface area contributed by atoms with Crippen LogP contribution in [-0.4, -0.2) is 37.6 Å².